The fourth-order valence-electron chi connectivity index (χ4n) is 1.70. The standard InChI is InChI=1S/C12H19NO2S/c13-8-2-1-4-10(12(14)15)6-7-11-5-3-9-16-11/h3,5,9-10H,1-2,4,6-8,13H2,(H,14,15). The smallest absolute Gasteiger partial charge is 0.306 e. The average molecular weight is 241 g/mol. The van der Waals surface area contributed by atoms with Crippen molar-refractivity contribution in [3.8, 4) is 0 Å². The van der Waals surface area contributed by atoms with Gasteiger partial charge in [-0.15, -0.1) is 11.3 Å². The SMILES string of the molecule is NCCCCC(CCc1cccs1)C(=O)O. The second-order valence-electron chi connectivity index (χ2n) is 3.94. The minimum absolute atomic E-state index is 0.214. The van der Waals surface area contributed by atoms with E-state index in [4.69, 9.17) is 10.8 Å². The van der Waals surface area contributed by atoms with E-state index in [1.807, 2.05) is 11.4 Å². The van der Waals surface area contributed by atoms with Crippen molar-refractivity contribution in [1.29, 1.82) is 0 Å². The van der Waals surface area contributed by atoms with Gasteiger partial charge in [0.15, 0.2) is 0 Å². The quantitative estimate of drug-likeness (QED) is 0.687. The zero-order chi connectivity index (χ0) is 11.8. The summed E-state index contributed by atoms with van der Waals surface area (Å²) in [5, 5.41) is 11.1. The summed E-state index contributed by atoms with van der Waals surface area (Å²) in [5.41, 5.74) is 5.40. The molecule has 0 amide bonds. The molecule has 1 heterocycles. The molecule has 4 heteroatoms. The van der Waals surface area contributed by atoms with E-state index in [1.165, 1.54) is 4.88 Å². The van der Waals surface area contributed by atoms with Crippen molar-refractivity contribution in [2.24, 2.45) is 11.7 Å². The topological polar surface area (TPSA) is 63.3 Å². The van der Waals surface area contributed by atoms with Gasteiger partial charge < -0.3 is 10.8 Å². The van der Waals surface area contributed by atoms with Gasteiger partial charge in [-0.05, 0) is 43.7 Å². The zero-order valence-electron chi connectivity index (χ0n) is 9.39. The third-order valence-corrected chi connectivity index (χ3v) is 3.61. The van der Waals surface area contributed by atoms with E-state index in [2.05, 4.69) is 6.07 Å². The Bertz CT molecular complexity index is 298. The predicted octanol–water partition coefficient (Wildman–Crippen LogP) is 2.51. The Morgan fingerprint density at radius 3 is 2.81 bits per heavy atom. The molecule has 16 heavy (non-hydrogen) atoms. The first-order valence-electron chi connectivity index (χ1n) is 5.69. The first-order valence-corrected chi connectivity index (χ1v) is 6.57. The summed E-state index contributed by atoms with van der Waals surface area (Å²) in [6, 6.07) is 4.06. The number of thiophene rings is 1. The van der Waals surface area contributed by atoms with E-state index in [1.54, 1.807) is 11.3 Å². The lowest BCUT2D eigenvalue weighted by molar-refractivity contribution is -0.142. The molecule has 0 aliphatic carbocycles. The lowest BCUT2D eigenvalue weighted by Gasteiger charge is -2.10. The van der Waals surface area contributed by atoms with Gasteiger partial charge in [-0.3, -0.25) is 4.79 Å². The monoisotopic (exact) mass is 241 g/mol. The largest absolute Gasteiger partial charge is 0.481 e. The number of hydrogen-bond acceptors (Lipinski definition) is 3. The van der Waals surface area contributed by atoms with Gasteiger partial charge >= 0.3 is 5.97 Å². The second kappa shape index (κ2) is 7.41. The lowest BCUT2D eigenvalue weighted by Crippen LogP contribution is -2.15. The maximum atomic E-state index is 11.0. The fraction of sp³-hybridized carbons (Fsp3) is 0.583. The Morgan fingerprint density at radius 2 is 2.25 bits per heavy atom. The van der Waals surface area contributed by atoms with Gasteiger partial charge in [0, 0.05) is 4.88 Å². The van der Waals surface area contributed by atoms with Crippen LogP contribution >= 0.6 is 11.3 Å². The first kappa shape index (κ1) is 13.2. The highest BCUT2D eigenvalue weighted by atomic mass is 32.1. The minimum Gasteiger partial charge on any atom is -0.481 e. The van der Waals surface area contributed by atoms with E-state index in [0.717, 1.165) is 32.1 Å². The first-order chi connectivity index (χ1) is 7.74. The molecule has 0 spiro atoms. The van der Waals surface area contributed by atoms with Crippen molar-refractivity contribution >= 4 is 17.3 Å². The lowest BCUT2D eigenvalue weighted by atomic mass is 9.96. The molecule has 1 rings (SSSR count). The maximum absolute atomic E-state index is 11.0. The van der Waals surface area contributed by atoms with Crippen LogP contribution in [0.3, 0.4) is 0 Å². The zero-order valence-corrected chi connectivity index (χ0v) is 10.2. The Morgan fingerprint density at radius 1 is 1.44 bits per heavy atom. The van der Waals surface area contributed by atoms with Crippen LogP contribution in [-0.2, 0) is 11.2 Å². The van der Waals surface area contributed by atoms with Crippen molar-refractivity contribution in [1.82, 2.24) is 0 Å². The van der Waals surface area contributed by atoms with Crippen LogP contribution in [0.15, 0.2) is 17.5 Å². The Kier molecular flexibility index (Phi) is 6.11. The van der Waals surface area contributed by atoms with Crippen LogP contribution in [0.5, 0.6) is 0 Å². The van der Waals surface area contributed by atoms with E-state index in [-0.39, 0.29) is 5.92 Å². The highest BCUT2D eigenvalue weighted by Gasteiger charge is 2.16. The maximum Gasteiger partial charge on any atom is 0.306 e. The third-order valence-electron chi connectivity index (χ3n) is 2.68. The van der Waals surface area contributed by atoms with Crippen LogP contribution in [-0.4, -0.2) is 17.6 Å². The summed E-state index contributed by atoms with van der Waals surface area (Å²) >= 11 is 1.69. The van der Waals surface area contributed by atoms with Crippen molar-refractivity contribution in [3.05, 3.63) is 22.4 Å². The number of hydrogen-bond donors (Lipinski definition) is 2. The molecule has 0 saturated carbocycles. The van der Waals surface area contributed by atoms with Gasteiger partial charge in [0.05, 0.1) is 5.92 Å². The molecule has 0 radical (unpaired) electrons. The summed E-state index contributed by atoms with van der Waals surface area (Å²) < 4.78 is 0. The van der Waals surface area contributed by atoms with Crippen LogP contribution in [0.1, 0.15) is 30.6 Å². The summed E-state index contributed by atoms with van der Waals surface area (Å²) in [6.07, 6.45) is 4.19. The number of carboxylic acids is 1. The number of rotatable bonds is 8. The van der Waals surface area contributed by atoms with Gasteiger partial charge in [-0.2, -0.15) is 0 Å². The number of aryl methyl sites for hydroxylation is 1. The predicted molar refractivity (Wildman–Crippen MR) is 66.7 cm³/mol. The summed E-state index contributed by atoms with van der Waals surface area (Å²) in [4.78, 5) is 12.3. The number of aliphatic carboxylic acids is 1. The van der Waals surface area contributed by atoms with E-state index in [0.29, 0.717) is 6.54 Å². The molecule has 0 saturated heterocycles. The fourth-order valence-corrected chi connectivity index (χ4v) is 2.42. The molecule has 1 atom stereocenters. The Hall–Kier alpha value is -0.870. The van der Waals surface area contributed by atoms with Gasteiger partial charge in [0.2, 0.25) is 0 Å². The molecule has 0 aliphatic rings. The van der Waals surface area contributed by atoms with Gasteiger partial charge in [-0.25, -0.2) is 0 Å². The molecule has 0 bridgehead atoms. The van der Waals surface area contributed by atoms with Gasteiger partial charge in [0.25, 0.3) is 0 Å². The summed E-state index contributed by atoms with van der Waals surface area (Å²) in [7, 11) is 0. The highest BCUT2D eigenvalue weighted by Crippen LogP contribution is 2.18. The molecule has 3 N–H and O–H groups in total. The minimum atomic E-state index is -0.673. The van der Waals surface area contributed by atoms with Crippen molar-refractivity contribution in [3.63, 3.8) is 0 Å². The van der Waals surface area contributed by atoms with Crippen LogP contribution in [0.25, 0.3) is 0 Å². The normalized spacial score (nSPS) is 12.6. The number of nitrogens with two attached hydrogens (primary N) is 1. The number of carboxylic acid groups (broad SMARTS) is 1. The molecule has 1 aromatic heterocycles. The van der Waals surface area contributed by atoms with Crippen LogP contribution in [0, 0.1) is 5.92 Å². The highest BCUT2D eigenvalue weighted by molar-refractivity contribution is 7.09. The summed E-state index contributed by atoms with van der Waals surface area (Å²) in [6.45, 7) is 0.650. The average Bonchev–Trinajstić information content (AvgIpc) is 2.75. The van der Waals surface area contributed by atoms with Crippen LogP contribution in [0.2, 0.25) is 0 Å². The Labute approximate surface area is 100 Å². The van der Waals surface area contributed by atoms with Gasteiger partial charge in [0.1, 0.15) is 0 Å². The van der Waals surface area contributed by atoms with Crippen molar-refractivity contribution < 1.29 is 9.90 Å². The molecule has 90 valence electrons. The van der Waals surface area contributed by atoms with Crippen molar-refractivity contribution in [2.75, 3.05) is 6.54 Å². The van der Waals surface area contributed by atoms with Crippen LogP contribution in [0.4, 0.5) is 0 Å². The number of carbonyl (C=O) groups is 1. The third kappa shape index (κ3) is 4.77. The van der Waals surface area contributed by atoms with E-state index in [9.17, 15) is 4.79 Å². The molecule has 0 aliphatic heterocycles. The molecule has 0 fully saturated rings. The Balaban J connectivity index is 2.30. The molecular formula is C12H19NO2S. The van der Waals surface area contributed by atoms with Gasteiger partial charge in [-0.1, -0.05) is 12.5 Å². The summed E-state index contributed by atoms with van der Waals surface area (Å²) in [5.74, 6) is -0.887. The molecular weight excluding hydrogens is 222 g/mol. The molecule has 0 aromatic carbocycles. The van der Waals surface area contributed by atoms with Crippen molar-refractivity contribution in [2.45, 2.75) is 32.1 Å². The molecule has 3 nitrogen and oxygen atoms in total. The molecule has 1 aromatic rings. The molecule has 1 unspecified atom stereocenters. The second-order valence-corrected chi connectivity index (χ2v) is 4.97. The number of unbranched alkanes of at least 4 members (excludes halogenated alkanes) is 1. The van der Waals surface area contributed by atoms with E-state index < -0.39 is 5.97 Å². The van der Waals surface area contributed by atoms with E-state index >= 15 is 0 Å². The van der Waals surface area contributed by atoms with Crippen LogP contribution < -0.4 is 5.73 Å².